The second-order valence-electron chi connectivity index (χ2n) is 4.97. The van der Waals surface area contributed by atoms with Crippen molar-refractivity contribution >= 4 is 27.4 Å². The Labute approximate surface area is 119 Å². The van der Waals surface area contributed by atoms with Gasteiger partial charge in [0.05, 0.1) is 17.2 Å². The first kappa shape index (κ1) is 11.9. The van der Waals surface area contributed by atoms with Crippen LogP contribution in [0.4, 0.5) is 5.82 Å². The quantitative estimate of drug-likeness (QED) is 0.559. The molecule has 3 N–H and O–H groups in total. The maximum absolute atomic E-state index is 5.67. The van der Waals surface area contributed by atoms with E-state index in [1.807, 2.05) is 13.0 Å². The lowest BCUT2D eigenvalue weighted by Gasteiger charge is -2.06. The summed E-state index contributed by atoms with van der Waals surface area (Å²) < 4.78 is 5.34. The first-order valence-corrected chi connectivity index (χ1v) is 7.43. The van der Waals surface area contributed by atoms with Gasteiger partial charge in [0.2, 0.25) is 0 Å². The fourth-order valence-electron chi connectivity index (χ4n) is 2.84. The van der Waals surface area contributed by atoms with Crippen LogP contribution < -0.4 is 11.3 Å². The van der Waals surface area contributed by atoms with E-state index < -0.39 is 0 Å². The molecule has 0 saturated heterocycles. The lowest BCUT2D eigenvalue weighted by atomic mass is 10.2. The second-order valence-corrected chi connectivity index (χ2v) is 6.05. The summed E-state index contributed by atoms with van der Waals surface area (Å²) in [6.45, 7) is 1.91. The van der Waals surface area contributed by atoms with Crippen molar-refractivity contribution in [2.24, 2.45) is 5.84 Å². The summed E-state index contributed by atoms with van der Waals surface area (Å²) in [5.74, 6) is 7.86. The van der Waals surface area contributed by atoms with Gasteiger partial charge in [-0.1, -0.05) is 0 Å². The number of fused-ring (bicyclic) bond motifs is 3. The van der Waals surface area contributed by atoms with Gasteiger partial charge in [-0.3, -0.25) is 0 Å². The molecule has 20 heavy (non-hydrogen) atoms. The molecule has 0 saturated carbocycles. The highest BCUT2D eigenvalue weighted by molar-refractivity contribution is 7.19. The van der Waals surface area contributed by atoms with Crippen molar-refractivity contribution in [1.82, 2.24) is 9.97 Å². The fourth-order valence-corrected chi connectivity index (χ4v) is 4.10. The van der Waals surface area contributed by atoms with Gasteiger partial charge < -0.3 is 9.84 Å². The van der Waals surface area contributed by atoms with E-state index in [1.54, 1.807) is 17.6 Å². The minimum Gasteiger partial charge on any atom is -0.469 e. The molecule has 0 bridgehead atoms. The molecule has 5 nitrogen and oxygen atoms in total. The third kappa shape index (κ3) is 1.58. The molecule has 0 radical (unpaired) electrons. The highest BCUT2D eigenvalue weighted by atomic mass is 32.1. The lowest BCUT2D eigenvalue weighted by molar-refractivity contribution is 0.535. The van der Waals surface area contributed by atoms with Gasteiger partial charge in [-0.15, -0.1) is 11.3 Å². The van der Waals surface area contributed by atoms with Crippen molar-refractivity contribution in [3.05, 3.63) is 28.5 Å². The lowest BCUT2D eigenvalue weighted by Crippen LogP contribution is -2.10. The standard InChI is InChI=1S/C14H14N4OS/c1-7-8(5-6-19-7)12-16-13(18-15)11-9-3-2-4-10(9)20-14(11)17-12/h5-6H,2-4,15H2,1H3,(H,16,17,18). The summed E-state index contributed by atoms with van der Waals surface area (Å²) in [5, 5.41) is 1.09. The van der Waals surface area contributed by atoms with Crippen LogP contribution in [-0.4, -0.2) is 9.97 Å². The van der Waals surface area contributed by atoms with Gasteiger partial charge >= 0.3 is 0 Å². The van der Waals surface area contributed by atoms with Crippen molar-refractivity contribution in [1.29, 1.82) is 0 Å². The van der Waals surface area contributed by atoms with Gasteiger partial charge in [0.1, 0.15) is 10.6 Å². The zero-order valence-electron chi connectivity index (χ0n) is 11.1. The Kier molecular flexibility index (Phi) is 2.55. The molecular formula is C14H14N4OS. The van der Waals surface area contributed by atoms with Crippen LogP contribution in [0.3, 0.4) is 0 Å². The number of nitrogen functional groups attached to an aromatic ring is 1. The number of hydrazine groups is 1. The summed E-state index contributed by atoms with van der Waals surface area (Å²) in [5.41, 5.74) is 5.02. The summed E-state index contributed by atoms with van der Waals surface area (Å²) in [6, 6.07) is 1.89. The largest absolute Gasteiger partial charge is 0.469 e. The van der Waals surface area contributed by atoms with Crippen LogP contribution in [0.2, 0.25) is 0 Å². The van der Waals surface area contributed by atoms with E-state index in [1.165, 1.54) is 16.9 Å². The normalized spacial score (nSPS) is 13.9. The summed E-state index contributed by atoms with van der Waals surface area (Å²) >= 11 is 1.76. The molecule has 3 heterocycles. The molecule has 0 spiro atoms. The monoisotopic (exact) mass is 286 g/mol. The number of thiophene rings is 1. The Balaban J connectivity index is 2.00. The van der Waals surface area contributed by atoms with E-state index in [0.29, 0.717) is 11.6 Å². The summed E-state index contributed by atoms with van der Waals surface area (Å²) in [4.78, 5) is 11.7. The molecule has 0 atom stereocenters. The van der Waals surface area contributed by atoms with Crippen molar-refractivity contribution in [2.75, 3.05) is 5.43 Å². The highest BCUT2D eigenvalue weighted by Gasteiger charge is 2.22. The molecule has 0 fully saturated rings. The number of hydrogen-bond donors (Lipinski definition) is 2. The van der Waals surface area contributed by atoms with Crippen molar-refractivity contribution in [2.45, 2.75) is 26.2 Å². The number of anilines is 1. The molecule has 3 aromatic heterocycles. The molecule has 102 valence electrons. The van der Waals surface area contributed by atoms with Crippen molar-refractivity contribution in [3.8, 4) is 11.4 Å². The average Bonchev–Trinajstić information content (AvgIpc) is 3.12. The van der Waals surface area contributed by atoms with Crippen LogP contribution in [-0.2, 0) is 12.8 Å². The predicted octanol–water partition coefficient (Wildman–Crippen LogP) is 3.03. The van der Waals surface area contributed by atoms with Crippen LogP contribution in [0.1, 0.15) is 22.6 Å². The van der Waals surface area contributed by atoms with E-state index in [-0.39, 0.29) is 0 Å². The topological polar surface area (TPSA) is 77.0 Å². The Bertz CT molecular complexity index is 805. The van der Waals surface area contributed by atoms with Crippen LogP contribution >= 0.6 is 11.3 Å². The number of aryl methyl sites for hydroxylation is 3. The minimum absolute atomic E-state index is 0.664. The fraction of sp³-hybridized carbons (Fsp3) is 0.286. The second kappa shape index (κ2) is 4.29. The first-order chi connectivity index (χ1) is 9.78. The number of hydrogen-bond acceptors (Lipinski definition) is 6. The number of nitrogens with two attached hydrogens (primary N) is 1. The SMILES string of the molecule is Cc1occc1-c1nc(NN)c2c3c(sc2n1)CCC3. The Morgan fingerprint density at radius 3 is 3.00 bits per heavy atom. The summed E-state index contributed by atoms with van der Waals surface area (Å²) in [7, 11) is 0. The molecule has 1 aliphatic carbocycles. The van der Waals surface area contributed by atoms with Gasteiger partial charge in [0.15, 0.2) is 11.6 Å². The van der Waals surface area contributed by atoms with Gasteiger partial charge in [0.25, 0.3) is 0 Å². The maximum atomic E-state index is 5.67. The van der Waals surface area contributed by atoms with Crippen molar-refractivity contribution < 1.29 is 4.42 Å². The van der Waals surface area contributed by atoms with Gasteiger partial charge in [0, 0.05) is 4.88 Å². The van der Waals surface area contributed by atoms with Crippen molar-refractivity contribution in [3.63, 3.8) is 0 Å². The van der Waals surface area contributed by atoms with Gasteiger partial charge in [-0.25, -0.2) is 15.8 Å². The molecule has 0 amide bonds. The maximum Gasteiger partial charge on any atom is 0.166 e. The van der Waals surface area contributed by atoms with E-state index in [4.69, 9.17) is 15.2 Å². The Morgan fingerprint density at radius 1 is 1.35 bits per heavy atom. The van der Waals surface area contributed by atoms with E-state index >= 15 is 0 Å². The Morgan fingerprint density at radius 2 is 2.25 bits per heavy atom. The first-order valence-electron chi connectivity index (χ1n) is 6.61. The molecule has 6 heteroatoms. The predicted molar refractivity (Wildman–Crippen MR) is 79.7 cm³/mol. The van der Waals surface area contributed by atoms with E-state index in [2.05, 4.69) is 10.4 Å². The average molecular weight is 286 g/mol. The molecular weight excluding hydrogens is 272 g/mol. The third-order valence-corrected chi connectivity index (χ3v) is 4.99. The number of furan rings is 1. The molecule has 3 aromatic rings. The molecule has 0 unspecified atom stereocenters. The minimum atomic E-state index is 0.664. The summed E-state index contributed by atoms with van der Waals surface area (Å²) in [6.07, 6.45) is 5.10. The Hall–Kier alpha value is -1.92. The number of nitrogens with one attached hydrogen (secondary N) is 1. The molecule has 0 aliphatic heterocycles. The number of aromatic nitrogens is 2. The zero-order chi connectivity index (χ0) is 13.7. The van der Waals surface area contributed by atoms with Crippen LogP contribution in [0.5, 0.6) is 0 Å². The molecule has 4 rings (SSSR count). The van der Waals surface area contributed by atoms with Gasteiger partial charge in [-0.2, -0.15) is 0 Å². The van der Waals surface area contributed by atoms with Crippen LogP contribution in [0.15, 0.2) is 16.7 Å². The third-order valence-electron chi connectivity index (χ3n) is 3.80. The van der Waals surface area contributed by atoms with Crippen LogP contribution in [0.25, 0.3) is 21.6 Å². The number of rotatable bonds is 2. The smallest absolute Gasteiger partial charge is 0.166 e. The zero-order valence-corrected chi connectivity index (χ0v) is 11.9. The van der Waals surface area contributed by atoms with E-state index in [0.717, 1.165) is 34.4 Å². The number of nitrogens with zero attached hydrogens (tertiary/aromatic N) is 2. The van der Waals surface area contributed by atoms with Crippen LogP contribution in [0, 0.1) is 6.92 Å². The van der Waals surface area contributed by atoms with Gasteiger partial charge in [-0.05, 0) is 37.8 Å². The van der Waals surface area contributed by atoms with E-state index in [9.17, 15) is 0 Å². The highest BCUT2D eigenvalue weighted by Crippen LogP contribution is 2.40. The molecule has 1 aliphatic rings. The molecule has 0 aromatic carbocycles.